The van der Waals surface area contributed by atoms with Gasteiger partial charge in [-0.1, -0.05) is 81.6 Å². The molecule has 0 saturated heterocycles. The summed E-state index contributed by atoms with van der Waals surface area (Å²) in [6, 6.07) is 19.2. The summed E-state index contributed by atoms with van der Waals surface area (Å²) < 4.78 is 0. The Bertz CT molecular complexity index is 1110. The third-order valence-electron chi connectivity index (χ3n) is 5.79. The molecule has 0 saturated carbocycles. The normalized spacial score (nSPS) is 12.4. The summed E-state index contributed by atoms with van der Waals surface area (Å²) in [5.74, 6) is -0.460. The lowest BCUT2D eigenvalue weighted by Crippen LogP contribution is -2.56. The van der Waals surface area contributed by atoms with Gasteiger partial charge in [-0.05, 0) is 60.7 Å². The van der Waals surface area contributed by atoms with Crippen LogP contribution in [0.3, 0.4) is 0 Å². The summed E-state index contributed by atoms with van der Waals surface area (Å²) >= 11 is 0. The highest BCUT2D eigenvalue weighted by atomic mass is 16.2. The zero-order valence-corrected chi connectivity index (χ0v) is 20.0. The number of fused-ring (bicyclic) bond motifs is 1. The standard InChI is InChI=1S/C28H34N2O2/c1-7-10-25(28(4,5)6)30(27(32)24-16-19(2)15-20(3)17-24)29-26(31)23-14-13-21-11-8-9-12-22(21)18-23/h8-9,11-18,25H,7,10H2,1-6H3,(H,29,31)/t25-/m1/s1. The molecule has 1 N–H and O–H groups in total. The highest BCUT2D eigenvalue weighted by Gasteiger charge is 2.35. The number of hydrogen-bond donors (Lipinski definition) is 1. The van der Waals surface area contributed by atoms with E-state index in [1.807, 2.05) is 74.5 Å². The van der Waals surface area contributed by atoms with E-state index in [4.69, 9.17) is 0 Å². The van der Waals surface area contributed by atoms with Gasteiger partial charge in [0.05, 0.1) is 6.04 Å². The summed E-state index contributed by atoms with van der Waals surface area (Å²) in [5, 5.41) is 3.63. The maximum Gasteiger partial charge on any atom is 0.272 e. The number of carbonyl (C=O) groups is 2. The molecule has 0 spiro atoms. The van der Waals surface area contributed by atoms with Crippen LogP contribution < -0.4 is 5.43 Å². The SMILES string of the molecule is CCC[C@@H](N(NC(=O)c1ccc2ccccc2c1)C(=O)c1cc(C)cc(C)c1)C(C)(C)C. The van der Waals surface area contributed by atoms with Crippen molar-refractivity contribution in [2.24, 2.45) is 5.41 Å². The van der Waals surface area contributed by atoms with Gasteiger partial charge in [-0.2, -0.15) is 0 Å². The first-order chi connectivity index (χ1) is 15.1. The third-order valence-corrected chi connectivity index (χ3v) is 5.79. The lowest BCUT2D eigenvalue weighted by molar-refractivity contribution is 0.0271. The van der Waals surface area contributed by atoms with Crippen LogP contribution in [0.2, 0.25) is 0 Å². The number of hydrazine groups is 1. The van der Waals surface area contributed by atoms with Crippen LogP contribution in [0.25, 0.3) is 10.8 Å². The first-order valence-corrected chi connectivity index (χ1v) is 11.3. The van der Waals surface area contributed by atoms with Crippen molar-refractivity contribution >= 4 is 22.6 Å². The van der Waals surface area contributed by atoms with E-state index in [0.29, 0.717) is 11.1 Å². The topological polar surface area (TPSA) is 49.4 Å². The van der Waals surface area contributed by atoms with E-state index >= 15 is 0 Å². The van der Waals surface area contributed by atoms with Crippen LogP contribution in [0.4, 0.5) is 0 Å². The van der Waals surface area contributed by atoms with Crippen LogP contribution in [0.1, 0.15) is 72.4 Å². The fraction of sp³-hybridized carbons (Fsp3) is 0.357. The molecule has 1 atom stereocenters. The van der Waals surface area contributed by atoms with Crippen molar-refractivity contribution < 1.29 is 9.59 Å². The van der Waals surface area contributed by atoms with Crippen molar-refractivity contribution in [1.29, 1.82) is 0 Å². The summed E-state index contributed by atoms with van der Waals surface area (Å²) in [6.07, 6.45) is 1.70. The summed E-state index contributed by atoms with van der Waals surface area (Å²) in [7, 11) is 0. The minimum Gasteiger partial charge on any atom is -0.267 e. The van der Waals surface area contributed by atoms with Gasteiger partial charge in [0.2, 0.25) is 0 Å². The highest BCUT2D eigenvalue weighted by molar-refractivity contribution is 6.01. The predicted octanol–water partition coefficient (Wildman–Crippen LogP) is 6.46. The molecule has 2 amide bonds. The van der Waals surface area contributed by atoms with Gasteiger partial charge in [-0.3, -0.25) is 15.0 Å². The van der Waals surface area contributed by atoms with Crippen LogP contribution in [-0.2, 0) is 0 Å². The van der Waals surface area contributed by atoms with E-state index in [-0.39, 0.29) is 23.3 Å². The fourth-order valence-electron chi connectivity index (χ4n) is 4.23. The fourth-order valence-corrected chi connectivity index (χ4v) is 4.23. The Morgan fingerprint density at radius 3 is 2.09 bits per heavy atom. The van der Waals surface area contributed by atoms with Gasteiger partial charge < -0.3 is 0 Å². The molecule has 4 nitrogen and oxygen atoms in total. The average Bonchev–Trinajstić information content (AvgIpc) is 2.73. The first-order valence-electron chi connectivity index (χ1n) is 11.3. The molecule has 0 unspecified atom stereocenters. The maximum atomic E-state index is 13.7. The van der Waals surface area contributed by atoms with E-state index in [0.717, 1.165) is 34.7 Å². The van der Waals surface area contributed by atoms with Crippen molar-refractivity contribution in [3.63, 3.8) is 0 Å². The monoisotopic (exact) mass is 430 g/mol. The third kappa shape index (κ3) is 5.37. The van der Waals surface area contributed by atoms with E-state index in [1.165, 1.54) is 0 Å². The van der Waals surface area contributed by atoms with Crippen LogP contribution in [0.15, 0.2) is 60.7 Å². The Morgan fingerprint density at radius 2 is 1.50 bits per heavy atom. The number of nitrogens with zero attached hydrogens (tertiary/aromatic N) is 1. The molecule has 3 aromatic rings. The van der Waals surface area contributed by atoms with Gasteiger partial charge >= 0.3 is 0 Å². The number of carbonyl (C=O) groups excluding carboxylic acids is 2. The van der Waals surface area contributed by atoms with E-state index in [2.05, 4.69) is 33.1 Å². The van der Waals surface area contributed by atoms with Gasteiger partial charge in [0.1, 0.15) is 0 Å². The van der Waals surface area contributed by atoms with Crippen molar-refractivity contribution in [1.82, 2.24) is 10.4 Å². The Labute approximate surface area is 191 Å². The summed E-state index contributed by atoms with van der Waals surface area (Å²) in [4.78, 5) is 27.0. The molecular formula is C28H34N2O2. The van der Waals surface area contributed by atoms with Crippen LogP contribution in [-0.4, -0.2) is 22.9 Å². The lowest BCUT2D eigenvalue weighted by Gasteiger charge is -2.40. The molecule has 4 heteroatoms. The molecule has 0 aliphatic carbocycles. The molecule has 0 aromatic heterocycles. The Morgan fingerprint density at radius 1 is 0.875 bits per heavy atom. The minimum absolute atomic E-state index is 0.148. The predicted molar refractivity (Wildman–Crippen MR) is 132 cm³/mol. The number of aryl methyl sites for hydroxylation is 2. The molecule has 3 aromatic carbocycles. The Balaban J connectivity index is 2.00. The van der Waals surface area contributed by atoms with Crippen molar-refractivity contribution in [2.75, 3.05) is 0 Å². The zero-order chi connectivity index (χ0) is 23.5. The van der Waals surface area contributed by atoms with Gasteiger partial charge in [0.25, 0.3) is 11.8 Å². The highest BCUT2D eigenvalue weighted by Crippen LogP contribution is 2.29. The summed E-state index contributed by atoms with van der Waals surface area (Å²) in [6.45, 7) is 12.4. The second-order valence-corrected chi connectivity index (χ2v) is 9.72. The Kier molecular flexibility index (Phi) is 7.02. The second kappa shape index (κ2) is 9.56. The van der Waals surface area contributed by atoms with Crippen LogP contribution >= 0.6 is 0 Å². The van der Waals surface area contributed by atoms with Gasteiger partial charge in [-0.25, -0.2) is 5.01 Å². The molecule has 0 aliphatic rings. The van der Waals surface area contributed by atoms with Crippen molar-refractivity contribution in [3.8, 4) is 0 Å². The zero-order valence-electron chi connectivity index (χ0n) is 20.0. The molecule has 168 valence electrons. The quantitative estimate of drug-likeness (QED) is 0.472. The van der Waals surface area contributed by atoms with Gasteiger partial charge in [-0.15, -0.1) is 0 Å². The smallest absolute Gasteiger partial charge is 0.267 e. The lowest BCUT2D eigenvalue weighted by atomic mass is 9.83. The van der Waals surface area contributed by atoms with Crippen molar-refractivity contribution in [2.45, 2.75) is 60.4 Å². The summed E-state index contributed by atoms with van der Waals surface area (Å²) in [5.41, 5.74) is 5.94. The molecule has 0 heterocycles. The molecule has 0 aliphatic heterocycles. The molecular weight excluding hydrogens is 396 g/mol. The molecule has 0 fully saturated rings. The molecule has 3 rings (SSSR count). The Hall–Kier alpha value is -3.14. The van der Waals surface area contributed by atoms with Crippen LogP contribution in [0, 0.1) is 19.3 Å². The van der Waals surface area contributed by atoms with E-state index in [9.17, 15) is 9.59 Å². The molecule has 0 radical (unpaired) electrons. The first kappa shape index (κ1) is 23.5. The number of nitrogens with one attached hydrogen (secondary N) is 1. The number of amides is 2. The van der Waals surface area contributed by atoms with Gasteiger partial charge in [0, 0.05) is 11.1 Å². The number of rotatable bonds is 5. The second-order valence-electron chi connectivity index (χ2n) is 9.72. The maximum absolute atomic E-state index is 13.7. The minimum atomic E-state index is -0.279. The van der Waals surface area contributed by atoms with Crippen molar-refractivity contribution in [3.05, 3.63) is 82.9 Å². The number of hydrogen-bond acceptors (Lipinski definition) is 2. The van der Waals surface area contributed by atoms with Crippen LogP contribution in [0.5, 0.6) is 0 Å². The van der Waals surface area contributed by atoms with Gasteiger partial charge in [0.15, 0.2) is 0 Å². The average molecular weight is 431 g/mol. The largest absolute Gasteiger partial charge is 0.272 e. The molecule has 0 bridgehead atoms. The van der Waals surface area contributed by atoms with E-state index in [1.54, 1.807) is 5.01 Å². The van der Waals surface area contributed by atoms with E-state index < -0.39 is 0 Å². The molecule has 32 heavy (non-hydrogen) atoms. The number of benzene rings is 3.